The monoisotopic (exact) mass is 326 g/mol. The Balaban J connectivity index is 2.67. The van der Waals surface area contributed by atoms with E-state index in [9.17, 15) is 8.42 Å². The summed E-state index contributed by atoms with van der Waals surface area (Å²) in [5, 5.41) is 3.06. The maximum atomic E-state index is 11.9. The average Bonchev–Trinajstić information content (AvgIpc) is 2.53. The average molecular weight is 327 g/mol. The molecule has 0 aromatic carbocycles. The third kappa shape index (κ3) is 3.81. The molecule has 1 heterocycles. The summed E-state index contributed by atoms with van der Waals surface area (Å²) in [5.41, 5.74) is 0. The van der Waals surface area contributed by atoms with Crippen molar-refractivity contribution in [1.82, 2.24) is 10.0 Å². The third-order valence-electron chi connectivity index (χ3n) is 1.98. The van der Waals surface area contributed by atoms with Gasteiger partial charge < -0.3 is 5.32 Å². The molecule has 0 aliphatic heterocycles. The quantitative estimate of drug-likeness (QED) is 0.782. The van der Waals surface area contributed by atoms with Gasteiger partial charge in [-0.05, 0) is 35.5 Å². The second kappa shape index (κ2) is 6.11. The highest BCUT2D eigenvalue weighted by molar-refractivity contribution is 9.11. The fourth-order valence-electron chi connectivity index (χ4n) is 1.23. The molecule has 0 unspecified atom stereocenters. The number of thiophene rings is 1. The van der Waals surface area contributed by atoms with Crippen molar-refractivity contribution in [3.8, 4) is 0 Å². The number of halogens is 1. The molecule has 1 aromatic heterocycles. The minimum Gasteiger partial charge on any atom is -0.316 e. The van der Waals surface area contributed by atoms with Crippen molar-refractivity contribution in [3.05, 3.63) is 14.7 Å². The molecule has 92 valence electrons. The number of likely N-dealkylation sites (N-methyl/N-ethyl adjacent to an activating group) is 1. The van der Waals surface area contributed by atoms with Crippen LogP contribution < -0.4 is 10.0 Å². The van der Waals surface area contributed by atoms with Gasteiger partial charge in [0.25, 0.3) is 0 Å². The maximum absolute atomic E-state index is 11.9. The van der Waals surface area contributed by atoms with Crippen molar-refractivity contribution < 1.29 is 8.42 Å². The van der Waals surface area contributed by atoms with E-state index in [2.05, 4.69) is 26.0 Å². The number of sulfonamides is 1. The molecule has 1 rings (SSSR count). The first kappa shape index (κ1) is 14.1. The lowest BCUT2D eigenvalue weighted by Crippen LogP contribution is -2.31. The summed E-state index contributed by atoms with van der Waals surface area (Å²) in [6, 6.07) is 1.63. The normalized spacial score (nSPS) is 11.9. The van der Waals surface area contributed by atoms with Gasteiger partial charge in [0, 0.05) is 18.0 Å². The van der Waals surface area contributed by atoms with Crippen molar-refractivity contribution in [3.63, 3.8) is 0 Å². The van der Waals surface area contributed by atoms with Gasteiger partial charge in [0.15, 0.2) is 0 Å². The maximum Gasteiger partial charge on any atom is 0.241 e. The van der Waals surface area contributed by atoms with Crippen molar-refractivity contribution in [2.45, 2.75) is 18.7 Å². The summed E-state index contributed by atoms with van der Waals surface area (Å²) >= 11 is 4.70. The molecule has 7 heteroatoms. The molecule has 1 aromatic rings. The Labute approximate surface area is 109 Å². The molecule has 0 fully saturated rings. The Morgan fingerprint density at radius 1 is 1.44 bits per heavy atom. The largest absolute Gasteiger partial charge is 0.316 e. The predicted molar refractivity (Wildman–Crippen MR) is 70.5 cm³/mol. The molecule has 4 nitrogen and oxygen atoms in total. The Kier molecular flexibility index (Phi) is 5.39. The van der Waals surface area contributed by atoms with Gasteiger partial charge in [0.1, 0.15) is 0 Å². The van der Waals surface area contributed by atoms with E-state index in [4.69, 9.17) is 0 Å². The van der Waals surface area contributed by atoms with Gasteiger partial charge in [-0.15, -0.1) is 11.3 Å². The van der Waals surface area contributed by atoms with Crippen LogP contribution in [0.15, 0.2) is 14.7 Å². The van der Waals surface area contributed by atoms with E-state index in [1.807, 2.05) is 6.92 Å². The summed E-state index contributed by atoms with van der Waals surface area (Å²) in [7, 11) is -3.36. The van der Waals surface area contributed by atoms with Gasteiger partial charge in [0.2, 0.25) is 10.0 Å². The topological polar surface area (TPSA) is 58.2 Å². The van der Waals surface area contributed by atoms with E-state index in [0.29, 0.717) is 18.0 Å². The summed E-state index contributed by atoms with van der Waals surface area (Å²) in [6.07, 6.45) is 0. The van der Waals surface area contributed by atoms with E-state index in [0.717, 1.165) is 15.2 Å². The minimum absolute atomic E-state index is 0.362. The van der Waals surface area contributed by atoms with Gasteiger partial charge in [-0.1, -0.05) is 6.92 Å². The van der Waals surface area contributed by atoms with Crippen LogP contribution in [0.1, 0.15) is 11.8 Å². The molecule has 0 spiro atoms. The molecular formula is C9H15BrN2O2S2. The van der Waals surface area contributed by atoms with Gasteiger partial charge in [-0.25, -0.2) is 13.1 Å². The predicted octanol–water partition coefficient (Wildman–Crippen LogP) is 1.71. The molecule has 16 heavy (non-hydrogen) atoms. The highest BCUT2D eigenvalue weighted by atomic mass is 79.9. The minimum atomic E-state index is -3.36. The molecular weight excluding hydrogens is 312 g/mol. The van der Waals surface area contributed by atoms with Gasteiger partial charge in [-0.2, -0.15) is 0 Å². The number of hydrogen-bond acceptors (Lipinski definition) is 4. The van der Waals surface area contributed by atoms with E-state index in [1.54, 1.807) is 13.0 Å². The standard InChI is InChI=1S/C9H15BrN2O2S2/c1-3-11-4-5-12-16(13,14)8-6-9(10)15-7(8)2/h6,11-12H,3-5H2,1-2H3. The Hall–Kier alpha value is 0.0500. The number of rotatable bonds is 6. The van der Waals surface area contributed by atoms with Crippen molar-refractivity contribution >= 4 is 37.3 Å². The molecule has 0 saturated carbocycles. The van der Waals surface area contributed by atoms with Crippen molar-refractivity contribution in [1.29, 1.82) is 0 Å². The lowest BCUT2D eigenvalue weighted by molar-refractivity contribution is 0.577. The Bertz CT molecular complexity index is 442. The zero-order valence-corrected chi connectivity index (χ0v) is 12.4. The lowest BCUT2D eigenvalue weighted by atomic mass is 10.5. The Morgan fingerprint density at radius 2 is 2.12 bits per heavy atom. The Morgan fingerprint density at radius 3 is 2.62 bits per heavy atom. The van der Waals surface area contributed by atoms with Crippen LogP contribution in [0, 0.1) is 6.92 Å². The third-order valence-corrected chi connectivity index (χ3v) is 5.25. The SMILES string of the molecule is CCNCCNS(=O)(=O)c1cc(Br)sc1C. The summed E-state index contributed by atoms with van der Waals surface area (Å²) in [6.45, 7) is 5.66. The first-order valence-electron chi connectivity index (χ1n) is 4.93. The zero-order valence-electron chi connectivity index (χ0n) is 9.21. The van der Waals surface area contributed by atoms with Crippen LogP contribution in [0.4, 0.5) is 0 Å². The van der Waals surface area contributed by atoms with Gasteiger partial charge in [-0.3, -0.25) is 0 Å². The molecule has 2 N–H and O–H groups in total. The zero-order chi connectivity index (χ0) is 12.2. The molecule has 0 aliphatic rings. The highest BCUT2D eigenvalue weighted by Crippen LogP contribution is 2.29. The van der Waals surface area contributed by atoms with E-state index in [1.165, 1.54) is 11.3 Å². The second-order valence-electron chi connectivity index (χ2n) is 3.22. The molecule has 0 radical (unpaired) electrons. The molecule has 0 amide bonds. The van der Waals surface area contributed by atoms with Crippen LogP contribution in [-0.2, 0) is 10.0 Å². The van der Waals surface area contributed by atoms with Gasteiger partial charge in [0.05, 0.1) is 8.68 Å². The fourth-order valence-corrected chi connectivity index (χ4v) is 4.67. The fraction of sp³-hybridized carbons (Fsp3) is 0.556. The second-order valence-corrected chi connectivity index (χ2v) is 7.59. The van der Waals surface area contributed by atoms with Crippen molar-refractivity contribution in [2.75, 3.05) is 19.6 Å². The molecule has 0 bridgehead atoms. The number of nitrogens with one attached hydrogen (secondary N) is 2. The van der Waals surface area contributed by atoms with Crippen LogP contribution >= 0.6 is 27.3 Å². The van der Waals surface area contributed by atoms with Crippen LogP contribution in [0.2, 0.25) is 0 Å². The smallest absolute Gasteiger partial charge is 0.241 e. The summed E-state index contributed by atoms with van der Waals surface area (Å²) in [4.78, 5) is 1.16. The van der Waals surface area contributed by atoms with E-state index >= 15 is 0 Å². The van der Waals surface area contributed by atoms with Crippen LogP contribution in [0.25, 0.3) is 0 Å². The first-order chi connectivity index (χ1) is 7.47. The molecule has 0 saturated heterocycles. The van der Waals surface area contributed by atoms with Crippen molar-refractivity contribution in [2.24, 2.45) is 0 Å². The lowest BCUT2D eigenvalue weighted by Gasteiger charge is -2.06. The van der Waals surface area contributed by atoms with Crippen LogP contribution in [0.5, 0.6) is 0 Å². The number of aryl methyl sites for hydroxylation is 1. The molecule has 0 aliphatic carbocycles. The van der Waals surface area contributed by atoms with Crippen LogP contribution in [0.3, 0.4) is 0 Å². The highest BCUT2D eigenvalue weighted by Gasteiger charge is 2.18. The number of hydrogen-bond donors (Lipinski definition) is 2. The van der Waals surface area contributed by atoms with Crippen LogP contribution in [-0.4, -0.2) is 28.1 Å². The van der Waals surface area contributed by atoms with E-state index in [-0.39, 0.29) is 0 Å². The first-order valence-corrected chi connectivity index (χ1v) is 8.03. The van der Waals surface area contributed by atoms with E-state index < -0.39 is 10.0 Å². The summed E-state index contributed by atoms with van der Waals surface area (Å²) < 4.78 is 27.1. The van der Waals surface area contributed by atoms with Gasteiger partial charge >= 0.3 is 0 Å². The summed E-state index contributed by atoms with van der Waals surface area (Å²) in [5.74, 6) is 0. The molecule has 0 atom stereocenters.